The molecule has 1 N–H and O–H groups in total. The number of ether oxygens (including phenoxy) is 2. The lowest BCUT2D eigenvalue weighted by molar-refractivity contribution is -0.122. The number of nitrogens with one attached hydrogen (secondary N) is 1. The van der Waals surface area contributed by atoms with E-state index in [1.807, 2.05) is 48.5 Å². The number of methoxy groups -OCH3 is 1. The van der Waals surface area contributed by atoms with Gasteiger partial charge in [0.2, 0.25) is 16.9 Å². The van der Waals surface area contributed by atoms with Gasteiger partial charge in [-0.2, -0.15) is 0 Å². The third-order valence-electron chi connectivity index (χ3n) is 4.66. The number of carbonyl (C=O) groups excluding carboxylic acids is 2. The van der Waals surface area contributed by atoms with Crippen molar-refractivity contribution >= 4 is 34.0 Å². The third-order valence-corrected chi connectivity index (χ3v) is 5.48. The fraction of sp³-hybridized carbons (Fsp3) is 0.238. The summed E-state index contributed by atoms with van der Waals surface area (Å²) in [7, 11) is 1.57. The van der Waals surface area contributed by atoms with E-state index in [1.165, 1.54) is 11.3 Å². The molecule has 1 saturated heterocycles. The number of aromatic nitrogens is 2. The summed E-state index contributed by atoms with van der Waals surface area (Å²) in [6, 6.07) is 16.6. The maximum Gasteiger partial charge on any atom is 0.231 e. The zero-order chi connectivity index (χ0) is 20.9. The zero-order valence-corrected chi connectivity index (χ0v) is 17.1. The van der Waals surface area contributed by atoms with Gasteiger partial charge in [0.25, 0.3) is 0 Å². The summed E-state index contributed by atoms with van der Waals surface area (Å²) in [6.45, 7) is 0.573. The first kappa shape index (κ1) is 19.8. The molecule has 1 fully saturated rings. The molecule has 2 amide bonds. The van der Waals surface area contributed by atoms with E-state index in [4.69, 9.17) is 9.47 Å². The van der Waals surface area contributed by atoms with Gasteiger partial charge in [0, 0.05) is 24.7 Å². The lowest BCUT2D eigenvalue weighted by atomic mass is 10.1. The van der Waals surface area contributed by atoms with Crippen LogP contribution in [0.3, 0.4) is 0 Å². The summed E-state index contributed by atoms with van der Waals surface area (Å²) in [4.78, 5) is 26.7. The number of benzene rings is 2. The van der Waals surface area contributed by atoms with E-state index in [9.17, 15) is 9.59 Å². The molecule has 1 atom stereocenters. The van der Waals surface area contributed by atoms with Crippen molar-refractivity contribution in [2.75, 3.05) is 23.9 Å². The van der Waals surface area contributed by atoms with Crippen LogP contribution < -0.4 is 19.7 Å². The second-order valence-electron chi connectivity index (χ2n) is 6.70. The number of anilines is 2. The van der Waals surface area contributed by atoms with Gasteiger partial charge in [0.1, 0.15) is 18.1 Å². The van der Waals surface area contributed by atoms with Crippen molar-refractivity contribution in [2.45, 2.75) is 13.0 Å². The van der Waals surface area contributed by atoms with E-state index >= 15 is 0 Å². The van der Waals surface area contributed by atoms with E-state index in [0.717, 1.165) is 5.75 Å². The highest BCUT2D eigenvalue weighted by Gasteiger charge is 2.35. The van der Waals surface area contributed by atoms with Gasteiger partial charge >= 0.3 is 0 Å². The fourth-order valence-corrected chi connectivity index (χ4v) is 3.80. The van der Waals surface area contributed by atoms with Gasteiger partial charge < -0.3 is 19.7 Å². The fourth-order valence-electron chi connectivity index (χ4n) is 3.14. The maximum absolute atomic E-state index is 12.6. The first-order chi connectivity index (χ1) is 14.6. The highest BCUT2D eigenvalue weighted by atomic mass is 32.1. The van der Waals surface area contributed by atoms with Crippen LogP contribution in [0, 0.1) is 5.92 Å². The predicted molar refractivity (Wildman–Crippen MR) is 113 cm³/mol. The molecule has 0 spiro atoms. The molecule has 1 aliphatic rings. The largest absolute Gasteiger partial charge is 0.497 e. The first-order valence-corrected chi connectivity index (χ1v) is 10.2. The van der Waals surface area contributed by atoms with E-state index in [0.29, 0.717) is 28.1 Å². The van der Waals surface area contributed by atoms with Gasteiger partial charge in [0.05, 0.1) is 13.0 Å². The molecule has 0 saturated carbocycles. The molecule has 3 aromatic rings. The minimum Gasteiger partial charge on any atom is -0.497 e. The Morgan fingerprint density at radius 2 is 1.97 bits per heavy atom. The van der Waals surface area contributed by atoms with E-state index in [-0.39, 0.29) is 24.8 Å². The van der Waals surface area contributed by atoms with Crippen molar-refractivity contribution in [1.82, 2.24) is 10.2 Å². The summed E-state index contributed by atoms with van der Waals surface area (Å²) in [5.74, 6) is 0.586. The number of para-hydroxylation sites is 1. The molecule has 4 rings (SSSR count). The lowest BCUT2D eigenvalue weighted by Crippen LogP contribution is -2.28. The second kappa shape index (κ2) is 8.91. The molecule has 0 radical (unpaired) electrons. The molecule has 154 valence electrons. The minimum absolute atomic E-state index is 0.0994. The quantitative estimate of drug-likeness (QED) is 0.626. The molecule has 1 aliphatic heterocycles. The maximum atomic E-state index is 12.6. The van der Waals surface area contributed by atoms with Crippen LogP contribution in [-0.4, -0.2) is 35.7 Å². The molecular formula is C21H20N4O4S. The highest BCUT2D eigenvalue weighted by molar-refractivity contribution is 7.15. The van der Waals surface area contributed by atoms with Gasteiger partial charge in [-0.25, -0.2) is 0 Å². The van der Waals surface area contributed by atoms with E-state index in [2.05, 4.69) is 15.5 Å². The summed E-state index contributed by atoms with van der Waals surface area (Å²) in [6.07, 6.45) is 0.145. The zero-order valence-electron chi connectivity index (χ0n) is 16.3. The Kier molecular flexibility index (Phi) is 5.89. The summed E-state index contributed by atoms with van der Waals surface area (Å²) in [5, 5.41) is 11.8. The molecule has 30 heavy (non-hydrogen) atoms. The smallest absolute Gasteiger partial charge is 0.231 e. The molecule has 9 heteroatoms. The Labute approximate surface area is 177 Å². The van der Waals surface area contributed by atoms with Crippen LogP contribution in [0.15, 0.2) is 54.6 Å². The number of nitrogens with zero attached hydrogens (tertiary/aromatic N) is 3. The number of carbonyl (C=O) groups is 2. The number of hydrogen-bond donors (Lipinski definition) is 1. The molecule has 0 bridgehead atoms. The van der Waals surface area contributed by atoms with Crippen LogP contribution in [0.2, 0.25) is 0 Å². The summed E-state index contributed by atoms with van der Waals surface area (Å²) in [5.41, 5.74) is 0.714. The Balaban J connectivity index is 1.34. The molecule has 0 unspecified atom stereocenters. The molecule has 2 aromatic carbocycles. The average Bonchev–Trinajstić information content (AvgIpc) is 3.39. The summed E-state index contributed by atoms with van der Waals surface area (Å²) < 4.78 is 10.9. The molecule has 8 nitrogen and oxygen atoms in total. The Morgan fingerprint density at radius 1 is 1.17 bits per heavy atom. The monoisotopic (exact) mass is 424 g/mol. The number of rotatable bonds is 7. The number of amides is 2. The van der Waals surface area contributed by atoms with Crippen LogP contribution in [0.5, 0.6) is 11.5 Å². The van der Waals surface area contributed by atoms with Crippen LogP contribution >= 0.6 is 11.3 Å². The molecule has 2 heterocycles. The predicted octanol–water partition coefficient (Wildman–Crippen LogP) is 3.12. The minimum atomic E-state index is -0.461. The van der Waals surface area contributed by atoms with Crippen LogP contribution in [0.4, 0.5) is 10.8 Å². The normalized spacial score (nSPS) is 15.8. The van der Waals surface area contributed by atoms with E-state index < -0.39 is 5.92 Å². The topological polar surface area (TPSA) is 93.7 Å². The SMILES string of the molecule is COc1cccc(N2C[C@@H](C(=O)Nc3nnc(COc4ccccc4)s3)CC2=O)c1. The lowest BCUT2D eigenvalue weighted by Gasteiger charge is -2.17. The van der Waals surface area contributed by atoms with Crippen LogP contribution in [0.1, 0.15) is 11.4 Å². The van der Waals surface area contributed by atoms with Crippen molar-refractivity contribution in [1.29, 1.82) is 0 Å². The van der Waals surface area contributed by atoms with Crippen molar-refractivity contribution in [2.24, 2.45) is 5.92 Å². The van der Waals surface area contributed by atoms with E-state index in [1.54, 1.807) is 18.1 Å². The molecule has 1 aromatic heterocycles. The first-order valence-electron chi connectivity index (χ1n) is 9.38. The van der Waals surface area contributed by atoms with Crippen LogP contribution in [-0.2, 0) is 16.2 Å². The average molecular weight is 424 g/mol. The standard InChI is InChI=1S/C21H20N4O4S/c1-28-17-9-5-6-15(11-17)25-12-14(10-19(25)26)20(27)22-21-24-23-18(30-21)13-29-16-7-3-2-4-8-16/h2-9,11,14H,10,12-13H2,1H3,(H,22,24,27)/t14-/m0/s1. The van der Waals surface area contributed by atoms with Crippen molar-refractivity contribution < 1.29 is 19.1 Å². The number of hydrogen-bond acceptors (Lipinski definition) is 7. The molecular weight excluding hydrogens is 404 g/mol. The summed E-state index contributed by atoms with van der Waals surface area (Å²) >= 11 is 1.25. The van der Waals surface area contributed by atoms with Crippen LogP contribution in [0.25, 0.3) is 0 Å². The van der Waals surface area contributed by atoms with Gasteiger partial charge in [-0.05, 0) is 24.3 Å². The Hall–Kier alpha value is -3.46. The third kappa shape index (κ3) is 4.57. The molecule has 0 aliphatic carbocycles. The van der Waals surface area contributed by atoms with Crippen molar-refractivity contribution in [3.05, 3.63) is 59.6 Å². The van der Waals surface area contributed by atoms with Gasteiger partial charge in [-0.1, -0.05) is 35.6 Å². The van der Waals surface area contributed by atoms with Gasteiger partial charge in [0.15, 0.2) is 5.01 Å². The van der Waals surface area contributed by atoms with Crippen molar-refractivity contribution in [3.8, 4) is 11.5 Å². The second-order valence-corrected chi connectivity index (χ2v) is 7.76. The van der Waals surface area contributed by atoms with Crippen molar-refractivity contribution in [3.63, 3.8) is 0 Å². The van der Waals surface area contributed by atoms with Gasteiger partial charge in [-0.15, -0.1) is 10.2 Å². The van der Waals surface area contributed by atoms with Gasteiger partial charge in [-0.3, -0.25) is 9.59 Å². The Morgan fingerprint density at radius 3 is 2.77 bits per heavy atom. The highest BCUT2D eigenvalue weighted by Crippen LogP contribution is 2.29. The Bertz CT molecular complexity index is 1040.